The van der Waals surface area contributed by atoms with Gasteiger partial charge in [0.2, 0.25) is 5.91 Å². The van der Waals surface area contributed by atoms with E-state index in [1.165, 1.54) is 50.6 Å². The van der Waals surface area contributed by atoms with Crippen molar-refractivity contribution in [2.45, 2.75) is 11.8 Å². The number of rotatable bonds is 8. The van der Waals surface area contributed by atoms with Crippen LogP contribution in [-0.2, 0) is 19.6 Å². The molecule has 1 amide bonds. The van der Waals surface area contributed by atoms with Crippen molar-refractivity contribution in [2.75, 3.05) is 30.4 Å². The largest absolute Gasteiger partial charge is 0.497 e. The number of amides is 1. The number of nitrogens with zero attached hydrogens (tertiary/aromatic N) is 1. The third-order valence-electron chi connectivity index (χ3n) is 4.89. The van der Waals surface area contributed by atoms with E-state index < -0.39 is 28.4 Å². The van der Waals surface area contributed by atoms with Crippen molar-refractivity contribution in [1.29, 1.82) is 0 Å². The maximum Gasteiger partial charge on any atom is 0.339 e. The Bertz CT molecular complexity index is 1310. The standard InChI is InChI=1S/C24H23ClN2O6S/c1-16-7-10-20(11-8-16)34(30,31)27(18-5-4-6-19(14-18)32-2)15-23(28)26-17-9-12-22(25)21(13-17)24(29)33-3/h4-14H,15H2,1-3H3,(H,26,28). The quantitative estimate of drug-likeness (QED) is 0.461. The summed E-state index contributed by atoms with van der Waals surface area (Å²) in [6, 6.07) is 17.0. The molecule has 0 bridgehead atoms. The van der Waals surface area contributed by atoms with Crippen LogP contribution in [-0.4, -0.2) is 41.1 Å². The molecule has 0 heterocycles. The molecule has 0 aromatic heterocycles. The summed E-state index contributed by atoms with van der Waals surface area (Å²) in [5, 5.41) is 2.76. The fourth-order valence-corrected chi connectivity index (χ4v) is 4.73. The third-order valence-corrected chi connectivity index (χ3v) is 7.01. The van der Waals surface area contributed by atoms with Crippen molar-refractivity contribution in [3.63, 3.8) is 0 Å². The second-order valence-electron chi connectivity index (χ2n) is 7.26. The fourth-order valence-electron chi connectivity index (χ4n) is 3.12. The summed E-state index contributed by atoms with van der Waals surface area (Å²) < 4.78 is 37.9. The summed E-state index contributed by atoms with van der Waals surface area (Å²) in [6.45, 7) is 1.32. The smallest absolute Gasteiger partial charge is 0.339 e. The Morgan fingerprint density at radius 1 is 1.00 bits per heavy atom. The number of nitrogens with one attached hydrogen (secondary N) is 1. The molecule has 0 saturated heterocycles. The van der Waals surface area contributed by atoms with E-state index in [0.717, 1.165) is 9.87 Å². The van der Waals surface area contributed by atoms with Crippen molar-refractivity contribution in [1.82, 2.24) is 0 Å². The normalized spacial score (nSPS) is 10.9. The van der Waals surface area contributed by atoms with Gasteiger partial charge in [0, 0.05) is 11.8 Å². The summed E-state index contributed by atoms with van der Waals surface area (Å²) in [7, 11) is -1.42. The van der Waals surface area contributed by atoms with Crippen LogP contribution in [0.15, 0.2) is 71.6 Å². The lowest BCUT2D eigenvalue weighted by Gasteiger charge is -2.24. The van der Waals surface area contributed by atoms with Gasteiger partial charge in [0.05, 0.1) is 35.4 Å². The lowest BCUT2D eigenvalue weighted by atomic mass is 10.2. The van der Waals surface area contributed by atoms with Gasteiger partial charge in [0.15, 0.2) is 0 Å². The van der Waals surface area contributed by atoms with Gasteiger partial charge in [-0.2, -0.15) is 0 Å². The Balaban J connectivity index is 1.95. The molecule has 0 spiro atoms. The van der Waals surface area contributed by atoms with Crippen LogP contribution >= 0.6 is 11.6 Å². The zero-order chi connectivity index (χ0) is 24.9. The predicted molar refractivity (Wildman–Crippen MR) is 130 cm³/mol. The van der Waals surface area contributed by atoms with Gasteiger partial charge in [0.1, 0.15) is 12.3 Å². The fraction of sp³-hybridized carbons (Fsp3) is 0.167. The minimum Gasteiger partial charge on any atom is -0.497 e. The first-order chi connectivity index (χ1) is 16.1. The summed E-state index contributed by atoms with van der Waals surface area (Å²) in [6.07, 6.45) is 0. The van der Waals surface area contributed by atoms with Gasteiger partial charge in [-0.3, -0.25) is 9.10 Å². The Morgan fingerprint density at radius 2 is 1.71 bits per heavy atom. The number of carbonyl (C=O) groups excluding carboxylic acids is 2. The highest BCUT2D eigenvalue weighted by Gasteiger charge is 2.28. The SMILES string of the molecule is COC(=O)c1cc(NC(=O)CN(c2cccc(OC)c2)S(=O)(=O)c2ccc(C)cc2)ccc1Cl. The summed E-state index contributed by atoms with van der Waals surface area (Å²) in [4.78, 5) is 24.8. The molecule has 0 aliphatic carbocycles. The van der Waals surface area contributed by atoms with Gasteiger partial charge in [0.25, 0.3) is 10.0 Å². The Hall–Kier alpha value is -3.56. The second kappa shape index (κ2) is 10.6. The first-order valence-corrected chi connectivity index (χ1v) is 11.9. The number of aryl methyl sites for hydroxylation is 1. The Morgan fingerprint density at radius 3 is 2.35 bits per heavy atom. The molecule has 0 radical (unpaired) electrons. The van der Waals surface area contributed by atoms with E-state index in [4.69, 9.17) is 16.3 Å². The molecule has 0 fully saturated rings. The summed E-state index contributed by atoms with van der Waals surface area (Å²) in [5.41, 5.74) is 1.47. The zero-order valence-corrected chi connectivity index (χ0v) is 20.3. The Labute approximate surface area is 203 Å². The Kier molecular flexibility index (Phi) is 7.80. The first-order valence-electron chi connectivity index (χ1n) is 10.1. The number of methoxy groups -OCH3 is 2. The lowest BCUT2D eigenvalue weighted by Crippen LogP contribution is -2.38. The van der Waals surface area contributed by atoms with Crippen molar-refractivity contribution in [3.8, 4) is 5.75 Å². The molecule has 3 rings (SSSR count). The molecule has 8 nitrogen and oxygen atoms in total. The molecular weight excluding hydrogens is 480 g/mol. The van der Waals surface area contributed by atoms with Crippen LogP contribution in [0.5, 0.6) is 5.75 Å². The molecule has 1 N–H and O–H groups in total. The number of hydrogen-bond acceptors (Lipinski definition) is 6. The van der Waals surface area contributed by atoms with Gasteiger partial charge in [-0.25, -0.2) is 13.2 Å². The number of anilines is 2. The van der Waals surface area contributed by atoms with E-state index in [1.807, 2.05) is 6.92 Å². The molecule has 3 aromatic rings. The molecular formula is C24H23ClN2O6S. The molecule has 3 aromatic carbocycles. The van der Waals surface area contributed by atoms with Crippen LogP contribution in [0.25, 0.3) is 0 Å². The van der Waals surface area contributed by atoms with E-state index in [9.17, 15) is 18.0 Å². The van der Waals surface area contributed by atoms with Gasteiger partial charge in [-0.15, -0.1) is 0 Å². The highest BCUT2D eigenvalue weighted by molar-refractivity contribution is 7.92. The third kappa shape index (κ3) is 5.67. The van der Waals surface area contributed by atoms with Gasteiger partial charge >= 0.3 is 5.97 Å². The minimum absolute atomic E-state index is 0.0354. The van der Waals surface area contributed by atoms with Crippen molar-refractivity contribution < 1.29 is 27.5 Å². The maximum atomic E-state index is 13.5. The number of halogens is 1. The summed E-state index contributed by atoms with van der Waals surface area (Å²) in [5.74, 6) is -0.861. The second-order valence-corrected chi connectivity index (χ2v) is 9.53. The monoisotopic (exact) mass is 502 g/mol. The van der Waals surface area contributed by atoms with Crippen LogP contribution in [0.1, 0.15) is 15.9 Å². The van der Waals surface area contributed by atoms with E-state index in [0.29, 0.717) is 5.75 Å². The molecule has 10 heteroatoms. The van der Waals surface area contributed by atoms with Gasteiger partial charge < -0.3 is 14.8 Å². The topological polar surface area (TPSA) is 102 Å². The van der Waals surface area contributed by atoms with Crippen molar-refractivity contribution in [2.24, 2.45) is 0 Å². The van der Waals surface area contributed by atoms with Crippen molar-refractivity contribution in [3.05, 3.63) is 82.9 Å². The average Bonchev–Trinajstić information content (AvgIpc) is 2.83. The van der Waals surface area contributed by atoms with E-state index in [-0.39, 0.29) is 26.9 Å². The van der Waals surface area contributed by atoms with Crippen LogP contribution in [0, 0.1) is 6.92 Å². The molecule has 0 saturated carbocycles. The number of carbonyl (C=O) groups is 2. The van der Waals surface area contributed by atoms with Crippen LogP contribution < -0.4 is 14.4 Å². The first kappa shape index (κ1) is 25.1. The van der Waals surface area contributed by atoms with E-state index >= 15 is 0 Å². The van der Waals surface area contributed by atoms with Crippen LogP contribution in [0.2, 0.25) is 5.02 Å². The maximum absolute atomic E-state index is 13.5. The van der Waals surface area contributed by atoms with E-state index in [1.54, 1.807) is 30.3 Å². The highest BCUT2D eigenvalue weighted by atomic mass is 35.5. The predicted octanol–water partition coefficient (Wildman–Crippen LogP) is 4.28. The molecule has 178 valence electrons. The van der Waals surface area contributed by atoms with Gasteiger partial charge in [-0.05, 0) is 49.4 Å². The lowest BCUT2D eigenvalue weighted by molar-refractivity contribution is -0.114. The van der Waals surface area contributed by atoms with Crippen LogP contribution in [0.3, 0.4) is 0 Å². The number of esters is 1. The molecule has 0 aliphatic rings. The number of sulfonamides is 1. The van der Waals surface area contributed by atoms with Crippen molar-refractivity contribution >= 4 is 44.9 Å². The number of benzene rings is 3. The summed E-state index contributed by atoms with van der Waals surface area (Å²) >= 11 is 6.03. The highest BCUT2D eigenvalue weighted by Crippen LogP contribution is 2.28. The van der Waals surface area contributed by atoms with Gasteiger partial charge in [-0.1, -0.05) is 35.4 Å². The average molecular weight is 503 g/mol. The molecule has 34 heavy (non-hydrogen) atoms. The molecule has 0 unspecified atom stereocenters. The zero-order valence-electron chi connectivity index (χ0n) is 18.7. The molecule has 0 aliphatic heterocycles. The van der Waals surface area contributed by atoms with Crippen LogP contribution in [0.4, 0.5) is 11.4 Å². The number of hydrogen-bond donors (Lipinski definition) is 1. The number of ether oxygens (including phenoxy) is 2. The minimum atomic E-state index is -4.09. The molecule has 0 atom stereocenters. The van der Waals surface area contributed by atoms with E-state index in [2.05, 4.69) is 10.1 Å².